The highest BCUT2D eigenvalue weighted by Crippen LogP contribution is 2.27. The van der Waals surface area contributed by atoms with Crippen molar-refractivity contribution >= 4 is 33.2 Å². The fourth-order valence-corrected chi connectivity index (χ4v) is 3.88. The first-order valence-corrected chi connectivity index (χ1v) is 8.74. The standard InChI is InChI=1S/C14H17Cl2N3O2S/c1-9-5-6-12(10(2)7-9)22(20,21)18(3)8-11-13(15)14(16)19(4)17-11/h5-7H,8H2,1-4H3. The van der Waals surface area contributed by atoms with E-state index in [1.807, 2.05) is 13.0 Å². The molecule has 8 heteroatoms. The third-order valence-electron chi connectivity index (χ3n) is 3.38. The molecular weight excluding hydrogens is 345 g/mol. The van der Waals surface area contributed by atoms with Crippen molar-refractivity contribution in [3.05, 3.63) is 45.2 Å². The second-order valence-electron chi connectivity index (χ2n) is 5.21. The topological polar surface area (TPSA) is 55.2 Å². The first kappa shape index (κ1) is 17.3. The summed E-state index contributed by atoms with van der Waals surface area (Å²) in [6.45, 7) is 3.75. The molecule has 0 bridgehead atoms. The van der Waals surface area contributed by atoms with Crippen molar-refractivity contribution in [3.8, 4) is 0 Å². The molecule has 1 aromatic carbocycles. The van der Waals surface area contributed by atoms with Gasteiger partial charge < -0.3 is 0 Å². The second-order valence-corrected chi connectivity index (χ2v) is 7.95. The van der Waals surface area contributed by atoms with Gasteiger partial charge in [-0.3, -0.25) is 4.68 Å². The summed E-state index contributed by atoms with van der Waals surface area (Å²) < 4.78 is 28.0. The monoisotopic (exact) mass is 361 g/mol. The van der Waals surface area contributed by atoms with Crippen LogP contribution in [0.5, 0.6) is 0 Å². The number of halogens is 2. The minimum atomic E-state index is -3.62. The normalized spacial score (nSPS) is 12.1. The quantitative estimate of drug-likeness (QED) is 0.840. The molecule has 0 spiro atoms. The van der Waals surface area contributed by atoms with Gasteiger partial charge in [0.25, 0.3) is 0 Å². The van der Waals surface area contributed by atoms with Gasteiger partial charge in [-0.15, -0.1) is 0 Å². The molecule has 0 aliphatic rings. The van der Waals surface area contributed by atoms with Gasteiger partial charge in [0.05, 0.1) is 17.1 Å². The number of hydrogen-bond donors (Lipinski definition) is 0. The molecule has 22 heavy (non-hydrogen) atoms. The summed E-state index contributed by atoms with van der Waals surface area (Å²) in [5.74, 6) is 0. The van der Waals surface area contributed by atoms with Crippen LogP contribution in [0, 0.1) is 13.8 Å². The van der Waals surface area contributed by atoms with E-state index >= 15 is 0 Å². The van der Waals surface area contributed by atoms with Gasteiger partial charge in [-0.1, -0.05) is 40.9 Å². The molecule has 1 heterocycles. The summed E-state index contributed by atoms with van der Waals surface area (Å²) >= 11 is 12.0. The molecule has 120 valence electrons. The van der Waals surface area contributed by atoms with Crippen LogP contribution in [0.25, 0.3) is 0 Å². The molecule has 0 atom stereocenters. The Bertz CT molecular complexity index is 816. The molecule has 0 aliphatic carbocycles. The van der Waals surface area contributed by atoms with Gasteiger partial charge in [-0.2, -0.15) is 9.40 Å². The van der Waals surface area contributed by atoms with Crippen molar-refractivity contribution in [3.63, 3.8) is 0 Å². The van der Waals surface area contributed by atoms with E-state index in [4.69, 9.17) is 23.2 Å². The van der Waals surface area contributed by atoms with Gasteiger partial charge in [0.1, 0.15) is 10.2 Å². The minimum Gasteiger partial charge on any atom is -0.255 e. The summed E-state index contributed by atoms with van der Waals surface area (Å²) in [6, 6.07) is 5.23. The van der Waals surface area contributed by atoms with Crippen molar-refractivity contribution < 1.29 is 8.42 Å². The van der Waals surface area contributed by atoms with E-state index in [1.165, 1.54) is 16.0 Å². The van der Waals surface area contributed by atoms with E-state index in [0.29, 0.717) is 11.3 Å². The summed E-state index contributed by atoms with van der Waals surface area (Å²) in [7, 11) is -0.480. The van der Waals surface area contributed by atoms with Crippen LogP contribution in [0.2, 0.25) is 10.2 Å². The van der Waals surface area contributed by atoms with Crippen LogP contribution in [0.15, 0.2) is 23.1 Å². The molecule has 0 amide bonds. The highest BCUT2D eigenvalue weighted by molar-refractivity contribution is 7.89. The summed E-state index contributed by atoms with van der Waals surface area (Å²) in [6.07, 6.45) is 0. The van der Waals surface area contributed by atoms with Crippen LogP contribution in [0.1, 0.15) is 16.8 Å². The van der Waals surface area contributed by atoms with Gasteiger partial charge in [-0.05, 0) is 25.5 Å². The van der Waals surface area contributed by atoms with Crippen LogP contribution in [-0.4, -0.2) is 29.6 Å². The Hall–Kier alpha value is -1.08. The third-order valence-corrected chi connectivity index (χ3v) is 6.27. The van der Waals surface area contributed by atoms with Crippen molar-refractivity contribution in [2.75, 3.05) is 7.05 Å². The SMILES string of the molecule is Cc1ccc(S(=O)(=O)N(C)Cc2nn(C)c(Cl)c2Cl)c(C)c1. The second kappa shape index (κ2) is 6.20. The number of aromatic nitrogens is 2. The summed E-state index contributed by atoms with van der Waals surface area (Å²) in [5.41, 5.74) is 2.14. The van der Waals surface area contributed by atoms with Crippen molar-refractivity contribution in [2.45, 2.75) is 25.3 Å². The Kier molecular flexibility index (Phi) is 4.87. The molecule has 0 saturated heterocycles. The first-order chi connectivity index (χ1) is 10.1. The Morgan fingerprint density at radius 3 is 2.41 bits per heavy atom. The fourth-order valence-electron chi connectivity index (χ4n) is 2.18. The van der Waals surface area contributed by atoms with E-state index in [2.05, 4.69) is 5.10 Å². The largest absolute Gasteiger partial charge is 0.255 e. The fraction of sp³-hybridized carbons (Fsp3) is 0.357. The number of hydrogen-bond acceptors (Lipinski definition) is 3. The number of benzene rings is 1. The highest BCUT2D eigenvalue weighted by Gasteiger charge is 2.25. The molecule has 0 fully saturated rings. The average molecular weight is 362 g/mol. The zero-order chi connectivity index (χ0) is 16.7. The van der Waals surface area contributed by atoms with Gasteiger partial charge in [0, 0.05) is 14.1 Å². The van der Waals surface area contributed by atoms with Crippen LogP contribution in [0.3, 0.4) is 0 Å². The Morgan fingerprint density at radius 1 is 1.27 bits per heavy atom. The lowest BCUT2D eigenvalue weighted by Crippen LogP contribution is -2.27. The Balaban J connectivity index is 2.35. The zero-order valence-electron chi connectivity index (χ0n) is 12.8. The van der Waals surface area contributed by atoms with Crippen LogP contribution >= 0.6 is 23.2 Å². The molecule has 0 aliphatic heterocycles. The highest BCUT2D eigenvalue weighted by atomic mass is 35.5. The van der Waals surface area contributed by atoms with E-state index in [-0.39, 0.29) is 21.6 Å². The maximum Gasteiger partial charge on any atom is 0.243 e. The average Bonchev–Trinajstić information content (AvgIpc) is 2.66. The predicted octanol–water partition coefficient (Wildman–Crippen LogP) is 3.16. The van der Waals surface area contributed by atoms with Crippen molar-refractivity contribution in [2.24, 2.45) is 7.05 Å². The maximum absolute atomic E-state index is 12.7. The smallest absolute Gasteiger partial charge is 0.243 e. The predicted molar refractivity (Wildman–Crippen MR) is 87.8 cm³/mol. The number of nitrogens with zero attached hydrogens (tertiary/aromatic N) is 3. The zero-order valence-corrected chi connectivity index (χ0v) is 15.1. The van der Waals surface area contributed by atoms with Gasteiger partial charge >= 0.3 is 0 Å². The lowest BCUT2D eigenvalue weighted by atomic mass is 10.2. The molecule has 0 radical (unpaired) electrons. The number of rotatable bonds is 4. The molecule has 1 aromatic heterocycles. The third kappa shape index (κ3) is 3.15. The minimum absolute atomic E-state index is 0.0506. The molecule has 2 rings (SSSR count). The van der Waals surface area contributed by atoms with Crippen LogP contribution in [-0.2, 0) is 23.6 Å². The number of sulfonamides is 1. The van der Waals surface area contributed by atoms with E-state index < -0.39 is 10.0 Å². The van der Waals surface area contributed by atoms with Gasteiger partial charge in [0.15, 0.2) is 0 Å². The molecule has 5 nitrogen and oxygen atoms in total. The lowest BCUT2D eigenvalue weighted by Gasteiger charge is -2.18. The van der Waals surface area contributed by atoms with E-state index in [1.54, 1.807) is 26.1 Å². The van der Waals surface area contributed by atoms with Gasteiger partial charge in [0.2, 0.25) is 10.0 Å². The van der Waals surface area contributed by atoms with E-state index in [9.17, 15) is 8.42 Å². The Morgan fingerprint density at radius 2 is 1.91 bits per heavy atom. The van der Waals surface area contributed by atoms with Gasteiger partial charge in [-0.25, -0.2) is 8.42 Å². The summed E-state index contributed by atoms with van der Waals surface area (Å²) in [4.78, 5) is 0.277. The molecule has 0 saturated carbocycles. The Labute approximate surface area is 140 Å². The van der Waals surface area contributed by atoms with Crippen LogP contribution < -0.4 is 0 Å². The van der Waals surface area contributed by atoms with Crippen molar-refractivity contribution in [1.82, 2.24) is 14.1 Å². The molecule has 0 unspecified atom stereocenters. The molecular formula is C14H17Cl2N3O2S. The van der Waals surface area contributed by atoms with Crippen molar-refractivity contribution in [1.29, 1.82) is 0 Å². The van der Waals surface area contributed by atoms with Crippen LogP contribution in [0.4, 0.5) is 0 Å². The maximum atomic E-state index is 12.7. The summed E-state index contributed by atoms with van der Waals surface area (Å²) in [5, 5.41) is 4.70. The molecule has 2 aromatic rings. The molecule has 0 N–H and O–H groups in total. The number of aryl methyl sites for hydroxylation is 3. The lowest BCUT2D eigenvalue weighted by molar-refractivity contribution is 0.459. The first-order valence-electron chi connectivity index (χ1n) is 6.55. The van der Waals surface area contributed by atoms with E-state index in [0.717, 1.165) is 5.56 Å².